The first kappa shape index (κ1) is 16.0. The average Bonchev–Trinajstić information content (AvgIpc) is 3.10. The van der Waals surface area contributed by atoms with Gasteiger partial charge in [-0.05, 0) is 37.0 Å². The molecule has 2 aromatic rings. The van der Waals surface area contributed by atoms with Crippen LogP contribution in [0.1, 0.15) is 23.1 Å². The molecule has 1 aromatic carbocycles. The van der Waals surface area contributed by atoms with Crippen LogP contribution in [0.15, 0.2) is 29.8 Å². The third-order valence-electron chi connectivity index (χ3n) is 4.65. The van der Waals surface area contributed by atoms with Crippen LogP contribution in [0.25, 0.3) is 0 Å². The zero-order valence-electron chi connectivity index (χ0n) is 13.8. The van der Waals surface area contributed by atoms with Gasteiger partial charge < -0.3 is 9.80 Å². The van der Waals surface area contributed by atoms with Crippen LogP contribution in [0.3, 0.4) is 0 Å². The van der Waals surface area contributed by atoms with Crippen molar-refractivity contribution in [3.8, 4) is 0 Å². The van der Waals surface area contributed by atoms with Crippen molar-refractivity contribution in [2.45, 2.75) is 26.7 Å². The van der Waals surface area contributed by atoms with Gasteiger partial charge in [-0.3, -0.25) is 4.79 Å². The normalized spacial score (nSPS) is 15.0. The highest BCUT2D eigenvalue weighted by atomic mass is 32.1. The van der Waals surface area contributed by atoms with Crippen molar-refractivity contribution < 1.29 is 4.79 Å². The molecule has 5 heteroatoms. The molecule has 1 aromatic heterocycles. The Morgan fingerprint density at radius 2 is 2.00 bits per heavy atom. The first-order chi connectivity index (χ1) is 11.1. The molecule has 0 bridgehead atoms. The molecule has 1 fully saturated rings. The molecule has 0 atom stereocenters. The van der Waals surface area contributed by atoms with E-state index in [1.165, 1.54) is 16.7 Å². The molecule has 122 valence electrons. The summed E-state index contributed by atoms with van der Waals surface area (Å²) in [5, 5.41) is 3.06. The van der Waals surface area contributed by atoms with E-state index in [0.29, 0.717) is 6.42 Å². The number of hydrogen-bond acceptors (Lipinski definition) is 4. The molecule has 0 N–H and O–H groups in total. The van der Waals surface area contributed by atoms with Gasteiger partial charge in [0, 0.05) is 44.2 Å². The Balaban J connectivity index is 1.51. The molecule has 0 aliphatic carbocycles. The molecule has 1 amide bonds. The number of piperazine rings is 1. The molecule has 1 aliphatic rings. The molecule has 23 heavy (non-hydrogen) atoms. The quantitative estimate of drug-likeness (QED) is 0.865. The maximum absolute atomic E-state index is 12.5. The van der Waals surface area contributed by atoms with E-state index >= 15 is 0 Å². The SMILES string of the molecule is Cc1cccc(CCC(=O)N2CCN(c3nccs3)CC2)c1C. The van der Waals surface area contributed by atoms with Gasteiger partial charge in [0.15, 0.2) is 5.13 Å². The Morgan fingerprint density at radius 1 is 1.22 bits per heavy atom. The van der Waals surface area contributed by atoms with Gasteiger partial charge in [0.05, 0.1) is 0 Å². The van der Waals surface area contributed by atoms with Crippen molar-refractivity contribution in [3.05, 3.63) is 46.5 Å². The topological polar surface area (TPSA) is 36.4 Å². The van der Waals surface area contributed by atoms with Crippen molar-refractivity contribution in [1.82, 2.24) is 9.88 Å². The first-order valence-corrected chi connectivity index (χ1v) is 9.00. The van der Waals surface area contributed by atoms with Gasteiger partial charge in [-0.25, -0.2) is 4.98 Å². The van der Waals surface area contributed by atoms with Gasteiger partial charge in [0.25, 0.3) is 0 Å². The zero-order chi connectivity index (χ0) is 16.2. The lowest BCUT2D eigenvalue weighted by molar-refractivity contribution is -0.131. The summed E-state index contributed by atoms with van der Waals surface area (Å²) in [5.41, 5.74) is 3.90. The molecule has 1 saturated heterocycles. The van der Waals surface area contributed by atoms with Gasteiger partial charge in [-0.2, -0.15) is 0 Å². The third kappa shape index (κ3) is 3.72. The Bertz CT molecular complexity index is 661. The van der Waals surface area contributed by atoms with E-state index in [-0.39, 0.29) is 5.91 Å². The predicted molar refractivity (Wildman–Crippen MR) is 95.1 cm³/mol. The molecule has 0 saturated carbocycles. The molecule has 3 rings (SSSR count). The highest BCUT2D eigenvalue weighted by Crippen LogP contribution is 2.20. The fourth-order valence-electron chi connectivity index (χ4n) is 3.00. The summed E-state index contributed by atoms with van der Waals surface area (Å²) in [6.07, 6.45) is 3.27. The van der Waals surface area contributed by atoms with Crippen LogP contribution in [0.5, 0.6) is 0 Å². The van der Waals surface area contributed by atoms with Gasteiger partial charge >= 0.3 is 0 Å². The number of aryl methyl sites for hydroxylation is 2. The van der Waals surface area contributed by atoms with Crippen LogP contribution in [0.4, 0.5) is 5.13 Å². The second-order valence-corrected chi connectivity index (χ2v) is 6.91. The van der Waals surface area contributed by atoms with Crippen LogP contribution in [-0.4, -0.2) is 42.0 Å². The Labute approximate surface area is 141 Å². The van der Waals surface area contributed by atoms with Crippen molar-refractivity contribution >= 4 is 22.4 Å². The lowest BCUT2D eigenvalue weighted by atomic mass is 9.99. The monoisotopic (exact) mass is 329 g/mol. The summed E-state index contributed by atoms with van der Waals surface area (Å²) < 4.78 is 0. The van der Waals surface area contributed by atoms with Gasteiger partial charge in [0.1, 0.15) is 0 Å². The predicted octanol–water partition coefficient (Wildman–Crippen LogP) is 3.04. The third-order valence-corrected chi connectivity index (χ3v) is 5.48. The fraction of sp³-hybridized carbons (Fsp3) is 0.444. The van der Waals surface area contributed by atoms with Crippen LogP contribution < -0.4 is 4.90 Å². The maximum Gasteiger partial charge on any atom is 0.223 e. The molecular formula is C18H23N3OS. The number of nitrogens with zero attached hydrogens (tertiary/aromatic N) is 3. The standard InChI is InChI=1S/C18H23N3OS/c1-14-4-3-5-16(15(14)2)6-7-17(22)20-9-11-21(12-10-20)18-19-8-13-23-18/h3-5,8,13H,6-7,9-12H2,1-2H3. The van der Waals surface area contributed by atoms with E-state index < -0.39 is 0 Å². The minimum atomic E-state index is 0.268. The van der Waals surface area contributed by atoms with Crippen molar-refractivity contribution in [2.75, 3.05) is 31.1 Å². The van der Waals surface area contributed by atoms with Crippen LogP contribution in [0.2, 0.25) is 0 Å². The lowest BCUT2D eigenvalue weighted by Gasteiger charge is -2.34. The van der Waals surface area contributed by atoms with Crippen molar-refractivity contribution in [2.24, 2.45) is 0 Å². The number of rotatable bonds is 4. The minimum Gasteiger partial charge on any atom is -0.345 e. The van der Waals surface area contributed by atoms with Crippen molar-refractivity contribution in [1.29, 1.82) is 0 Å². The Kier molecular flexibility index (Phi) is 4.96. The zero-order valence-corrected chi connectivity index (χ0v) is 14.6. The molecule has 1 aliphatic heterocycles. The minimum absolute atomic E-state index is 0.268. The van der Waals surface area contributed by atoms with E-state index in [4.69, 9.17) is 0 Å². The van der Waals surface area contributed by atoms with E-state index in [9.17, 15) is 4.79 Å². The number of hydrogen-bond donors (Lipinski definition) is 0. The van der Waals surface area contributed by atoms with E-state index in [1.807, 2.05) is 16.5 Å². The summed E-state index contributed by atoms with van der Waals surface area (Å²) in [4.78, 5) is 21.1. The lowest BCUT2D eigenvalue weighted by Crippen LogP contribution is -2.48. The highest BCUT2D eigenvalue weighted by molar-refractivity contribution is 7.13. The smallest absolute Gasteiger partial charge is 0.223 e. The highest BCUT2D eigenvalue weighted by Gasteiger charge is 2.22. The molecule has 2 heterocycles. The van der Waals surface area contributed by atoms with Crippen LogP contribution in [0, 0.1) is 13.8 Å². The summed E-state index contributed by atoms with van der Waals surface area (Å²) >= 11 is 1.66. The number of benzene rings is 1. The Morgan fingerprint density at radius 3 is 2.70 bits per heavy atom. The van der Waals surface area contributed by atoms with E-state index in [0.717, 1.165) is 37.7 Å². The molecule has 0 radical (unpaired) electrons. The largest absolute Gasteiger partial charge is 0.345 e. The number of anilines is 1. The molecular weight excluding hydrogens is 306 g/mol. The van der Waals surface area contributed by atoms with Gasteiger partial charge in [0.2, 0.25) is 5.91 Å². The average molecular weight is 329 g/mol. The maximum atomic E-state index is 12.5. The fourth-order valence-corrected chi connectivity index (χ4v) is 3.70. The van der Waals surface area contributed by atoms with Crippen LogP contribution >= 0.6 is 11.3 Å². The first-order valence-electron chi connectivity index (χ1n) is 8.12. The summed E-state index contributed by atoms with van der Waals surface area (Å²) in [7, 11) is 0. The van der Waals surface area contributed by atoms with Gasteiger partial charge in [-0.1, -0.05) is 18.2 Å². The van der Waals surface area contributed by atoms with E-state index in [1.54, 1.807) is 11.3 Å². The summed E-state index contributed by atoms with van der Waals surface area (Å²) in [5.74, 6) is 0.268. The van der Waals surface area contributed by atoms with Crippen molar-refractivity contribution in [3.63, 3.8) is 0 Å². The second kappa shape index (κ2) is 7.13. The number of thiazole rings is 1. The Hall–Kier alpha value is -1.88. The summed E-state index contributed by atoms with van der Waals surface area (Å²) in [6, 6.07) is 6.34. The number of carbonyl (C=O) groups excluding carboxylic acids is 1. The van der Waals surface area contributed by atoms with E-state index in [2.05, 4.69) is 41.9 Å². The number of carbonyl (C=O) groups is 1. The van der Waals surface area contributed by atoms with Gasteiger partial charge in [-0.15, -0.1) is 11.3 Å². The molecule has 0 unspecified atom stereocenters. The van der Waals surface area contributed by atoms with Crippen LogP contribution in [-0.2, 0) is 11.2 Å². The molecule has 4 nitrogen and oxygen atoms in total. The summed E-state index contributed by atoms with van der Waals surface area (Å²) in [6.45, 7) is 7.61. The number of aromatic nitrogens is 1. The number of amides is 1. The second-order valence-electron chi connectivity index (χ2n) is 6.04. The molecule has 0 spiro atoms.